The van der Waals surface area contributed by atoms with Crippen molar-refractivity contribution in [1.29, 1.82) is 0 Å². The highest BCUT2D eigenvalue weighted by Gasteiger charge is 2.08. The van der Waals surface area contributed by atoms with Crippen LogP contribution in [0.2, 0.25) is 0 Å². The first-order valence-corrected chi connectivity index (χ1v) is 7.31. The summed E-state index contributed by atoms with van der Waals surface area (Å²) in [5.41, 5.74) is 1.37. The molecular weight excluding hydrogens is 264 g/mol. The normalized spacial score (nSPS) is 11.6. The minimum atomic E-state index is 0.124. The molecule has 0 aliphatic carbocycles. The van der Waals surface area contributed by atoms with E-state index in [1.165, 1.54) is 5.56 Å². The summed E-state index contributed by atoms with van der Waals surface area (Å²) in [6.45, 7) is 10.6. The van der Waals surface area contributed by atoms with Crippen molar-refractivity contribution in [3.05, 3.63) is 42.0 Å². The summed E-state index contributed by atoms with van der Waals surface area (Å²) in [6, 6.07) is 8.15. The zero-order chi connectivity index (χ0) is 15.3. The van der Waals surface area contributed by atoms with Gasteiger partial charge in [0.2, 0.25) is 0 Å². The number of nitrogens with zero attached hydrogens (tertiary/aromatic N) is 3. The molecule has 114 valence electrons. The summed E-state index contributed by atoms with van der Waals surface area (Å²) >= 11 is 0. The Morgan fingerprint density at radius 3 is 2.52 bits per heavy atom. The van der Waals surface area contributed by atoms with E-state index in [0.717, 1.165) is 24.7 Å². The Hall–Kier alpha value is -1.88. The lowest BCUT2D eigenvalue weighted by molar-refractivity contribution is 0.287. The molecule has 21 heavy (non-hydrogen) atoms. The second-order valence-corrected chi connectivity index (χ2v) is 6.03. The van der Waals surface area contributed by atoms with Crippen molar-refractivity contribution >= 4 is 0 Å². The van der Waals surface area contributed by atoms with E-state index >= 15 is 0 Å². The van der Waals surface area contributed by atoms with Crippen LogP contribution in [-0.4, -0.2) is 20.3 Å². The molecule has 1 heterocycles. The molecule has 0 amide bonds. The standard InChI is InChI=1S/C16H24N4O/c1-5-20-15(17-12-19-20)11-21-14-8-6-13(7-9-14)10-18-16(2,3)4/h6-9,12,18H,5,10-11H2,1-4H3. The van der Waals surface area contributed by atoms with Gasteiger partial charge in [0.05, 0.1) is 0 Å². The van der Waals surface area contributed by atoms with E-state index in [9.17, 15) is 0 Å². The molecule has 2 rings (SSSR count). The van der Waals surface area contributed by atoms with Crippen molar-refractivity contribution in [2.24, 2.45) is 0 Å². The number of hydrogen-bond acceptors (Lipinski definition) is 4. The molecule has 0 atom stereocenters. The number of nitrogens with one attached hydrogen (secondary N) is 1. The highest BCUT2D eigenvalue weighted by molar-refractivity contribution is 5.27. The second-order valence-electron chi connectivity index (χ2n) is 6.03. The average molecular weight is 288 g/mol. The van der Waals surface area contributed by atoms with Crippen LogP contribution in [0.15, 0.2) is 30.6 Å². The Morgan fingerprint density at radius 1 is 1.19 bits per heavy atom. The average Bonchev–Trinajstić information content (AvgIpc) is 2.90. The first kappa shape index (κ1) is 15.5. The zero-order valence-electron chi connectivity index (χ0n) is 13.3. The smallest absolute Gasteiger partial charge is 0.164 e. The molecule has 0 unspecified atom stereocenters. The van der Waals surface area contributed by atoms with Gasteiger partial charge < -0.3 is 10.1 Å². The molecule has 0 saturated carbocycles. The molecule has 0 fully saturated rings. The SMILES string of the molecule is CCn1ncnc1COc1ccc(CNC(C)(C)C)cc1. The first-order valence-electron chi connectivity index (χ1n) is 7.31. The number of aromatic nitrogens is 3. The van der Waals surface area contributed by atoms with Gasteiger partial charge in [0.1, 0.15) is 18.7 Å². The molecule has 0 saturated heterocycles. The summed E-state index contributed by atoms with van der Waals surface area (Å²) in [6.07, 6.45) is 1.56. The molecule has 0 aliphatic rings. The van der Waals surface area contributed by atoms with Crippen molar-refractivity contribution in [3.8, 4) is 5.75 Å². The van der Waals surface area contributed by atoms with E-state index in [0.29, 0.717) is 6.61 Å². The van der Waals surface area contributed by atoms with E-state index in [1.54, 1.807) is 6.33 Å². The minimum Gasteiger partial charge on any atom is -0.486 e. The van der Waals surface area contributed by atoms with Crippen molar-refractivity contribution in [2.75, 3.05) is 0 Å². The van der Waals surface area contributed by atoms with Gasteiger partial charge in [-0.15, -0.1) is 0 Å². The van der Waals surface area contributed by atoms with E-state index in [4.69, 9.17) is 4.74 Å². The highest BCUT2D eigenvalue weighted by Crippen LogP contribution is 2.14. The molecule has 1 aromatic heterocycles. The molecule has 0 aliphatic heterocycles. The van der Waals surface area contributed by atoms with E-state index in [2.05, 4.69) is 48.3 Å². The van der Waals surface area contributed by atoms with E-state index in [-0.39, 0.29) is 5.54 Å². The second kappa shape index (κ2) is 6.72. The van der Waals surface area contributed by atoms with Gasteiger partial charge in [0.25, 0.3) is 0 Å². The topological polar surface area (TPSA) is 52.0 Å². The van der Waals surface area contributed by atoms with Gasteiger partial charge in [-0.1, -0.05) is 12.1 Å². The fourth-order valence-electron chi connectivity index (χ4n) is 1.88. The summed E-state index contributed by atoms with van der Waals surface area (Å²) in [4.78, 5) is 4.19. The van der Waals surface area contributed by atoms with Crippen LogP contribution in [-0.2, 0) is 19.7 Å². The molecular formula is C16H24N4O. The van der Waals surface area contributed by atoms with Crippen LogP contribution in [0.25, 0.3) is 0 Å². The Labute approximate surface area is 126 Å². The molecule has 0 radical (unpaired) electrons. The molecule has 1 N–H and O–H groups in total. The van der Waals surface area contributed by atoms with Crippen LogP contribution in [0.4, 0.5) is 0 Å². The van der Waals surface area contributed by atoms with Gasteiger partial charge in [0, 0.05) is 18.6 Å². The molecule has 5 nitrogen and oxygen atoms in total. The number of ether oxygens (including phenoxy) is 1. The Morgan fingerprint density at radius 2 is 1.90 bits per heavy atom. The molecule has 1 aromatic carbocycles. The van der Waals surface area contributed by atoms with E-state index in [1.807, 2.05) is 23.7 Å². The van der Waals surface area contributed by atoms with Gasteiger partial charge in [-0.05, 0) is 45.4 Å². The summed E-state index contributed by atoms with van der Waals surface area (Å²) in [5.74, 6) is 1.69. The lowest BCUT2D eigenvalue weighted by Gasteiger charge is -2.20. The highest BCUT2D eigenvalue weighted by atomic mass is 16.5. The van der Waals surface area contributed by atoms with Gasteiger partial charge >= 0.3 is 0 Å². The zero-order valence-corrected chi connectivity index (χ0v) is 13.3. The van der Waals surface area contributed by atoms with Crippen LogP contribution in [0.5, 0.6) is 5.75 Å². The van der Waals surface area contributed by atoms with Crippen LogP contribution in [0.1, 0.15) is 39.1 Å². The van der Waals surface area contributed by atoms with Gasteiger partial charge in [-0.3, -0.25) is 0 Å². The summed E-state index contributed by atoms with van der Waals surface area (Å²) in [5, 5.41) is 7.59. The Kier molecular flexibility index (Phi) is 4.96. The van der Waals surface area contributed by atoms with Crippen LogP contribution in [0.3, 0.4) is 0 Å². The van der Waals surface area contributed by atoms with Crippen molar-refractivity contribution in [1.82, 2.24) is 20.1 Å². The third kappa shape index (κ3) is 4.86. The molecule has 5 heteroatoms. The summed E-state index contributed by atoms with van der Waals surface area (Å²) in [7, 11) is 0. The first-order chi connectivity index (χ1) is 9.98. The maximum Gasteiger partial charge on any atom is 0.164 e. The number of hydrogen-bond donors (Lipinski definition) is 1. The van der Waals surface area contributed by atoms with Crippen molar-refractivity contribution in [2.45, 2.75) is 52.9 Å². The third-order valence-corrected chi connectivity index (χ3v) is 3.11. The number of rotatable bonds is 6. The summed E-state index contributed by atoms with van der Waals surface area (Å²) < 4.78 is 7.58. The fraction of sp³-hybridized carbons (Fsp3) is 0.500. The Bertz CT molecular complexity index is 554. The van der Waals surface area contributed by atoms with Crippen LogP contribution >= 0.6 is 0 Å². The quantitative estimate of drug-likeness (QED) is 0.888. The Balaban J connectivity index is 1.88. The largest absolute Gasteiger partial charge is 0.486 e. The monoisotopic (exact) mass is 288 g/mol. The number of benzene rings is 1. The van der Waals surface area contributed by atoms with Crippen LogP contribution < -0.4 is 10.1 Å². The maximum absolute atomic E-state index is 5.75. The molecule has 0 spiro atoms. The minimum absolute atomic E-state index is 0.124. The van der Waals surface area contributed by atoms with E-state index < -0.39 is 0 Å². The van der Waals surface area contributed by atoms with Gasteiger partial charge in [0.15, 0.2) is 5.82 Å². The van der Waals surface area contributed by atoms with Gasteiger partial charge in [-0.25, -0.2) is 9.67 Å². The lowest BCUT2D eigenvalue weighted by Crippen LogP contribution is -2.35. The maximum atomic E-state index is 5.75. The van der Waals surface area contributed by atoms with Crippen molar-refractivity contribution in [3.63, 3.8) is 0 Å². The van der Waals surface area contributed by atoms with Crippen LogP contribution in [0, 0.1) is 0 Å². The molecule has 2 aromatic rings. The number of aryl methyl sites for hydroxylation is 1. The predicted molar refractivity (Wildman–Crippen MR) is 83.1 cm³/mol. The van der Waals surface area contributed by atoms with Gasteiger partial charge in [-0.2, -0.15) is 5.10 Å². The third-order valence-electron chi connectivity index (χ3n) is 3.11. The predicted octanol–water partition coefficient (Wildman–Crippen LogP) is 2.77. The fourth-order valence-corrected chi connectivity index (χ4v) is 1.88. The van der Waals surface area contributed by atoms with Crippen molar-refractivity contribution < 1.29 is 4.74 Å². The molecule has 0 bridgehead atoms. The lowest BCUT2D eigenvalue weighted by atomic mass is 10.1.